The van der Waals surface area contributed by atoms with Crippen molar-refractivity contribution in [1.29, 1.82) is 0 Å². The van der Waals surface area contributed by atoms with E-state index in [1.165, 1.54) is 0 Å². The van der Waals surface area contributed by atoms with Crippen LogP contribution < -0.4 is 10.2 Å². The molecule has 1 aromatic rings. The van der Waals surface area contributed by atoms with Gasteiger partial charge in [-0.1, -0.05) is 6.92 Å². The zero-order valence-electron chi connectivity index (χ0n) is 11.0. The second-order valence-corrected chi connectivity index (χ2v) is 6.16. The fourth-order valence-corrected chi connectivity index (χ4v) is 2.98. The van der Waals surface area contributed by atoms with Gasteiger partial charge in [0, 0.05) is 53.7 Å². The normalized spacial score (nSPS) is 16.9. The van der Waals surface area contributed by atoms with Crippen LogP contribution in [0, 0.1) is 6.92 Å². The molecule has 0 bridgehead atoms. The third-order valence-corrected chi connectivity index (χ3v) is 4.23. The van der Waals surface area contributed by atoms with Crippen LogP contribution in [0.2, 0.25) is 0 Å². The average Bonchev–Trinajstić information content (AvgIpc) is 2.39. The third-order valence-electron chi connectivity index (χ3n) is 2.96. The maximum Gasteiger partial charge on any atom is 0.224 e. The Morgan fingerprint density at radius 1 is 1.44 bits per heavy atom. The summed E-state index contributed by atoms with van der Waals surface area (Å²) >= 11 is 0. The summed E-state index contributed by atoms with van der Waals surface area (Å²) < 4.78 is 11.4. The first-order valence-electron chi connectivity index (χ1n) is 6.38. The van der Waals surface area contributed by atoms with Gasteiger partial charge in [0.05, 0.1) is 0 Å². The topological polar surface area (TPSA) is 58.1 Å². The quantitative estimate of drug-likeness (QED) is 0.888. The summed E-state index contributed by atoms with van der Waals surface area (Å²) in [5.41, 5.74) is 1.07. The van der Waals surface area contributed by atoms with Crippen molar-refractivity contribution >= 4 is 22.6 Å². The summed E-state index contributed by atoms with van der Waals surface area (Å²) in [6, 6.07) is 0. The number of hydrogen-bond donors (Lipinski definition) is 1. The van der Waals surface area contributed by atoms with E-state index in [-0.39, 0.29) is 0 Å². The van der Waals surface area contributed by atoms with Gasteiger partial charge in [0.25, 0.3) is 0 Å². The molecule has 2 rings (SSSR count). The molecule has 6 heteroatoms. The minimum atomic E-state index is -0.652. The van der Waals surface area contributed by atoms with E-state index in [1.54, 1.807) is 0 Å². The molecule has 0 aliphatic carbocycles. The number of rotatable bonds is 4. The molecule has 0 saturated carbocycles. The van der Waals surface area contributed by atoms with Crippen molar-refractivity contribution in [3.8, 4) is 0 Å². The molecule has 0 unspecified atom stereocenters. The zero-order valence-corrected chi connectivity index (χ0v) is 11.8. The summed E-state index contributed by atoms with van der Waals surface area (Å²) in [4.78, 5) is 11.0. The van der Waals surface area contributed by atoms with Gasteiger partial charge in [0.15, 0.2) is 0 Å². The van der Waals surface area contributed by atoms with Crippen LogP contribution in [0.1, 0.15) is 18.9 Å². The van der Waals surface area contributed by atoms with Gasteiger partial charge in [0.2, 0.25) is 5.95 Å². The number of nitrogens with zero attached hydrogens (tertiary/aromatic N) is 3. The lowest BCUT2D eigenvalue weighted by Gasteiger charge is -2.28. The van der Waals surface area contributed by atoms with Crippen LogP contribution in [0.15, 0.2) is 6.20 Å². The molecule has 0 atom stereocenters. The lowest BCUT2D eigenvalue weighted by molar-refractivity contribution is 0.672. The highest BCUT2D eigenvalue weighted by Crippen LogP contribution is 2.19. The molecule has 0 amide bonds. The first kappa shape index (κ1) is 13.3. The van der Waals surface area contributed by atoms with Gasteiger partial charge in [-0.2, -0.15) is 4.98 Å². The maximum absolute atomic E-state index is 11.4. The highest BCUT2D eigenvalue weighted by atomic mass is 32.2. The van der Waals surface area contributed by atoms with Crippen LogP contribution >= 0.6 is 0 Å². The molecule has 1 N–H and O–H groups in total. The fraction of sp³-hybridized carbons (Fsp3) is 0.667. The maximum atomic E-state index is 11.4. The van der Waals surface area contributed by atoms with Gasteiger partial charge in [-0.25, -0.2) is 4.98 Å². The molecule has 0 spiro atoms. The van der Waals surface area contributed by atoms with Crippen molar-refractivity contribution in [2.75, 3.05) is 41.4 Å². The molecule has 0 aromatic carbocycles. The Labute approximate surface area is 110 Å². The Hall–Kier alpha value is -1.17. The lowest BCUT2D eigenvalue weighted by atomic mass is 10.3. The van der Waals surface area contributed by atoms with Gasteiger partial charge in [0.1, 0.15) is 5.82 Å². The molecular formula is C12H20N4OS. The summed E-state index contributed by atoms with van der Waals surface area (Å²) in [5.74, 6) is 3.13. The molecule has 1 saturated heterocycles. The summed E-state index contributed by atoms with van der Waals surface area (Å²) in [6.07, 6.45) is 2.90. The average molecular weight is 268 g/mol. The standard InChI is InChI=1S/C12H20N4OS/c1-3-4-13-12-14-9-10(2)11(15-12)16-5-7-18(17)8-6-16/h9H,3-8H2,1-2H3,(H,13,14,15). The van der Waals surface area contributed by atoms with E-state index in [9.17, 15) is 4.21 Å². The van der Waals surface area contributed by atoms with Crippen LogP contribution in [0.3, 0.4) is 0 Å². The number of anilines is 2. The minimum absolute atomic E-state index is 0.652. The fourth-order valence-electron chi connectivity index (χ4n) is 1.92. The van der Waals surface area contributed by atoms with Gasteiger partial charge in [-0.15, -0.1) is 0 Å². The molecule has 1 fully saturated rings. The second kappa shape index (κ2) is 6.13. The van der Waals surface area contributed by atoms with E-state index in [4.69, 9.17) is 0 Å². The van der Waals surface area contributed by atoms with Crippen molar-refractivity contribution in [1.82, 2.24) is 9.97 Å². The Morgan fingerprint density at radius 3 is 2.83 bits per heavy atom. The van der Waals surface area contributed by atoms with E-state index in [2.05, 4.69) is 27.1 Å². The van der Waals surface area contributed by atoms with Crippen molar-refractivity contribution in [3.63, 3.8) is 0 Å². The first-order valence-corrected chi connectivity index (χ1v) is 7.87. The highest BCUT2D eigenvalue weighted by Gasteiger charge is 2.18. The Bertz CT molecular complexity index is 428. The Kier molecular flexibility index (Phi) is 4.52. The monoisotopic (exact) mass is 268 g/mol. The number of hydrogen-bond acceptors (Lipinski definition) is 5. The van der Waals surface area contributed by atoms with E-state index in [1.807, 2.05) is 13.1 Å². The zero-order chi connectivity index (χ0) is 13.0. The molecule has 0 radical (unpaired) electrons. The number of aromatic nitrogens is 2. The van der Waals surface area contributed by atoms with E-state index < -0.39 is 10.8 Å². The largest absolute Gasteiger partial charge is 0.354 e. The Morgan fingerprint density at radius 2 is 2.17 bits per heavy atom. The van der Waals surface area contributed by atoms with Gasteiger partial charge < -0.3 is 10.2 Å². The van der Waals surface area contributed by atoms with E-state index >= 15 is 0 Å². The van der Waals surface area contributed by atoms with Crippen LogP contribution in [-0.4, -0.2) is 45.3 Å². The predicted octanol–water partition coefficient (Wildman–Crippen LogP) is 1.18. The Balaban J connectivity index is 2.12. The number of nitrogens with one attached hydrogen (secondary N) is 1. The lowest BCUT2D eigenvalue weighted by Crippen LogP contribution is -2.38. The summed E-state index contributed by atoms with van der Waals surface area (Å²) in [6.45, 7) is 6.65. The van der Waals surface area contributed by atoms with Crippen LogP contribution in [0.4, 0.5) is 11.8 Å². The van der Waals surface area contributed by atoms with Crippen LogP contribution in [-0.2, 0) is 10.8 Å². The SMILES string of the molecule is CCCNc1ncc(C)c(N2CCS(=O)CC2)n1. The van der Waals surface area contributed by atoms with Gasteiger partial charge in [-0.3, -0.25) is 4.21 Å². The molecule has 1 aliphatic heterocycles. The van der Waals surface area contributed by atoms with Crippen molar-refractivity contribution in [2.45, 2.75) is 20.3 Å². The minimum Gasteiger partial charge on any atom is -0.354 e. The molecular weight excluding hydrogens is 248 g/mol. The van der Waals surface area contributed by atoms with Gasteiger partial charge in [-0.05, 0) is 13.3 Å². The third kappa shape index (κ3) is 3.19. The molecule has 1 aromatic heterocycles. The summed E-state index contributed by atoms with van der Waals surface area (Å²) in [5, 5.41) is 3.20. The van der Waals surface area contributed by atoms with Crippen molar-refractivity contribution in [3.05, 3.63) is 11.8 Å². The van der Waals surface area contributed by atoms with Crippen molar-refractivity contribution in [2.24, 2.45) is 0 Å². The molecule has 1 aliphatic rings. The molecule has 2 heterocycles. The molecule has 5 nitrogen and oxygen atoms in total. The molecule has 100 valence electrons. The first-order chi connectivity index (χ1) is 8.70. The van der Waals surface area contributed by atoms with E-state index in [0.29, 0.717) is 5.95 Å². The predicted molar refractivity (Wildman–Crippen MR) is 75.6 cm³/mol. The summed E-state index contributed by atoms with van der Waals surface area (Å²) in [7, 11) is -0.652. The highest BCUT2D eigenvalue weighted by molar-refractivity contribution is 7.85. The van der Waals surface area contributed by atoms with Crippen LogP contribution in [0.25, 0.3) is 0 Å². The smallest absolute Gasteiger partial charge is 0.224 e. The molecule has 18 heavy (non-hydrogen) atoms. The van der Waals surface area contributed by atoms with Crippen molar-refractivity contribution < 1.29 is 4.21 Å². The second-order valence-electron chi connectivity index (χ2n) is 4.46. The van der Waals surface area contributed by atoms with E-state index in [0.717, 1.165) is 48.9 Å². The van der Waals surface area contributed by atoms with Gasteiger partial charge >= 0.3 is 0 Å². The number of aryl methyl sites for hydroxylation is 1. The van der Waals surface area contributed by atoms with Crippen LogP contribution in [0.5, 0.6) is 0 Å².